The molecule has 0 bridgehead atoms. The maximum Gasteiger partial charge on any atom is 0.153 e. The molecule has 0 radical (unpaired) electrons. The molecule has 0 N–H and O–H groups in total. The Morgan fingerprint density at radius 2 is 0.921 bits per heavy atom. The Labute approximate surface area is 362 Å². The smallest absolute Gasteiger partial charge is 0.153 e. The van der Waals surface area contributed by atoms with Crippen LogP contribution in [0.3, 0.4) is 0 Å². The summed E-state index contributed by atoms with van der Waals surface area (Å²) in [7, 11) is 0. The predicted octanol–water partition coefficient (Wildman–Crippen LogP) is 15.2. The van der Waals surface area contributed by atoms with E-state index in [2.05, 4.69) is 208 Å². The summed E-state index contributed by atoms with van der Waals surface area (Å²) in [5, 5.41) is 5.81. The Kier molecular flexibility index (Phi) is 7.84. The molecule has 0 spiro atoms. The second kappa shape index (κ2) is 14.0. The minimum absolute atomic E-state index is 0.796. The van der Waals surface area contributed by atoms with Crippen LogP contribution in [0.1, 0.15) is 0 Å². The lowest BCUT2D eigenvalue weighted by molar-refractivity contribution is 0.668. The highest BCUT2D eigenvalue weighted by Crippen LogP contribution is 2.40. The topological polar surface area (TPSA) is 48.8 Å². The van der Waals surface area contributed by atoms with Crippen LogP contribution in [-0.4, -0.2) is 19.1 Å². The molecule has 5 nitrogen and oxygen atoms in total. The third-order valence-electron chi connectivity index (χ3n) is 12.6. The highest BCUT2D eigenvalue weighted by Gasteiger charge is 2.19. The van der Waals surface area contributed by atoms with E-state index >= 15 is 0 Å². The molecule has 0 saturated heterocycles. The van der Waals surface area contributed by atoms with E-state index in [1.165, 1.54) is 38.2 Å². The van der Waals surface area contributed by atoms with Crippen molar-refractivity contribution in [2.75, 3.05) is 0 Å². The van der Waals surface area contributed by atoms with Crippen LogP contribution in [0.2, 0.25) is 0 Å². The van der Waals surface area contributed by atoms with Gasteiger partial charge in [-0.3, -0.25) is 9.55 Å². The zero-order chi connectivity index (χ0) is 41.4. The number of rotatable bonds is 6. The summed E-state index contributed by atoms with van der Waals surface area (Å²) in [6.07, 6.45) is 1.82. The van der Waals surface area contributed by atoms with Crippen molar-refractivity contribution < 1.29 is 4.42 Å². The van der Waals surface area contributed by atoms with Gasteiger partial charge >= 0.3 is 0 Å². The average molecular weight is 805 g/mol. The van der Waals surface area contributed by atoms with Crippen LogP contribution in [0, 0.1) is 0 Å². The number of nitrogens with zero attached hydrogens (tertiary/aromatic N) is 4. The normalized spacial score (nSPS) is 11.8. The van der Waals surface area contributed by atoms with E-state index in [9.17, 15) is 0 Å². The zero-order valence-electron chi connectivity index (χ0n) is 34.0. The van der Waals surface area contributed by atoms with Gasteiger partial charge in [0.05, 0.1) is 27.8 Å². The maximum absolute atomic E-state index is 6.13. The molecule has 294 valence electrons. The van der Waals surface area contributed by atoms with Gasteiger partial charge in [-0.1, -0.05) is 127 Å². The van der Waals surface area contributed by atoms with E-state index in [0.29, 0.717) is 0 Å². The molecule has 0 aliphatic heterocycles. The van der Waals surface area contributed by atoms with Crippen molar-refractivity contribution in [2.24, 2.45) is 0 Å². The molecule has 13 aromatic rings. The highest BCUT2D eigenvalue weighted by atomic mass is 16.3. The molecular weight excluding hydrogens is 769 g/mol. The summed E-state index contributed by atoms with van der Waals surface area (Å²) in [6.45, 7) is 0. The number of hydrogen-bond donors (Lipinski definition) is 0. The van der Waals surface area contributed by atoms with Crippen LogP contribution in [0.5, 0.6) is 0 Å². The fourth-order valence-electron chi connectivity index (χ4n) is 9.62. The number of aromatic nitrogens is 4. The van der Waals surface area contributed by atoms with Gasteiger partial charge in [0.1, 0.15) is 16.9 Å². The maximum atomic E-state index is 6.13. The number of hydrogen-bond acceptors (Lipinski definition) is 3. The number of fused-ring (bicyclic) bond motifs is 9. The number of benzene rings is 8. The van der Waals surface area contributed by atoms with Gasteiger partial charge in [-0.05, 0) is 118 Å². The van der Waals surface area contributed by atoms with Crippen molar-refractivity contribution in [1.82, 2.24) is 19.1 Å². The number of para-hydroxylation sites is 2. The van der Waals surface area contributed by atoms with E-state index in [-0.39, 0.29) is 0 Å². The Balaban J connectivity index is 0.920. The monoisotopic (exact) mass is 804 g/mol. The molecule has 63 heavy (non-hydrogen) atoms. The summed E-state index contributed by atoms with van der Waals surface area (Å²) >= 11 is 0. The van der Waals surface area contributed by atoms with Gasteiger partial charge in [0.2, 0.25) is 0 Å². The van der Waals surface area contributed by atoms with Crippen molar-refractivity contribution in [1.29, 1.82) is 0 Å². The lowest BCUT2D eigenvalue weighted by atomic mass is 9.97. The summed E-state index contributed by atoms with van der Waals surface area (Å²) < 4.78 is 10.8. The van der Waals surface area contributed by atoms with E-state index in [1.807, 2.05) is 24.4 Å². The lowest BCUT2D eigenvalue weighted by Gasteiger charge is -2.13. The Bertz CT molecular complexity index is 3860. The van der Waals surface area contributed by atoms with Crippen molar-refractivity contribution in [3.05, 3.63) is 219 Å². The molecule has 0 amide bonds. The van der Waals surface area contributed by atoms with E-state index in [0.717, 1.165) is 83.6 Å². The third kappa shape index (κ3) is 5.71. The van der Waals surface area contributed by atoms with Crippen molar-refractivity contribution in [2.45, 2.75) is 0 Å². The fourth-order valence-corrected chi connectivity index (χ4v) is 9.62. The number of pyridine rings is 2. The SMILES string of the molecule is c1ccc(-c2cc(-c3ccccc3)nc(-n3c4ccccc4c4cc(-c5cccc(-c6ccc7c(c6)c6ccccc6n7-c6ccc7oc8cccnc8c7c6)c5)ccc43)c2)cc1. The largest absolute Gasteiger partial charge is 0.454 e. The standard InChI is InChI=1S/C58H36N4O/c1-3-13-37(14-4-1)43-34-50(38-15-5-2-6-16-38)60-57(35-43)62-52-22-10-8-20-46(52)48-33-42(25-28-54(48)62)40-18-11-17-39(31-40)41-24-27-53-47(32-41)45-19-7-9-21-51(45)61(53)44-26-29-55-49(36-44)58-56(63-55)23-12-30-59-58/h1-36H. The number of furan rings is 1. The molecule has 0 saturated carbocycles. The van der Waals surface area contributed by atoms with E-state index < -0.39 is 0 Å². The predicted molar refractivity (Wildman–Crippen MR) is 260 cm³/mol. The second-order valence-electron chi connectivity index (χ2n) is 16.2. The molecule has 13 rings (SSSR count). The van der Waals surface area contributed by atoms with Gasteiger partial charge in [0.15, 0.2) is 5.58 Å². The first-order chi connectivity index (χ1) is 31.2. The molecule has 0 fully saturated rings. The van der Waals surface area contributed by atoms with Crippen molar-refractivity contribution >= 4 is 65.7 Å². The van der Waals surface area contributed by atoms with Gasteiger partial charge in [-0.2, -0.15) is 0 Å². The molecule has 0 unspecified atom stereocenters. The van der Waals surface area contributed by atoms with Gasteiger partial charge in [0.25, 0.3) is 0 Å². The van der Waals surface area contributed by atoms with Crippen LogP contribution >= 0.6 is 0 Å². The lowest BCUT2D eigenvalue weighted by Crippen LogP contribution is -2.00. The Hall–Kier alpha value is -8.54. The van der Waals surface area contributed by atoms with Crippen LogP contribution < -0.4 is 0 Å². The Morgan fingerprint density at radius 3 is 1.63 bits per heavy atom. The second-order valence-corrected chi connectivity index (χ2v) is 16.2. The van der Waals surface area contributed by atoms with Gasteiger partial charge in [0, 0.05) is 44.4 Å². The van der Waals surface area contributed by atoms with Gasteiger partial charge in [-0.25, -0.2) is 4.98 Å². The molecule has 8 aromatic carbocycles. The van der Waals surface area contributed by atoms with Crippen molar-refractivity contribution in [3.8, 4) is 56.1 Å². The highest BCUT2D eigenvalue weighted by molar-refractivity contribution is 6.12. The molecular formula is C58H36N4O. The minimum atomic E-state index is 0.796. The zero-order valence-corrected chi connectivity index (χ0v) is 34.0. The fraction of sp³-hybridized carbons (Fsp3) is 0. The molecule has 5 heterocycles. The first kappa shape index (κ1) is 35.2. The summed E-state index contributed by atoms with van der Waals surface area (Å²) in [5.74, 6) is 0.889. The average Bonchev–Trinajstić information content (AvgIpc) is 4.01. The summed E-state index contributed by atoms with van der Waals surface area (Å²) in [4.78, 5) is 9.98. The van der Waals surface area contributed by atoms with Gasteiger partial charge < -0.3 is 8.98 Å². The quantitative estimate of drug-likeness (QED) is 0.168. The van der Waals surface area contributed by atoms with Crippen LogP contribution in [-0.2, 0) is 0 Å². The van der Waals surface area contributed by atoms with Crippen LogP contribution in [0.4, 0.5) is 0 Å². The minimum Gasteiger partial charge on any atom is -0.454 e. The van der Waals surface area contributed by atoms with Crippen LogP contribution in [0.25, 0.3) is 122 Å². The molecule has 0 aliphatic rings. The van der Waals surface area contributed by atoms with Crippen molar-refractivity contribution in [3.63, 3.8) is 0 Å². The first-order valence-corrected chi connectivity index (χ1v) is 21.3. The Morgan fingerprint density at radius 1 is 0.333 bits per heavy atom. The first-order valence-electron chi connectivity index (χ1n) is 21.3. The summed E-state index contributed by atoms with van der Waals surface area (Å²) in [6, 6.07) is 75.7. The molecule has 0 atom stereocenters. The van der Waals surface area contributed by atoms with Crippen LogP contribution in [0.15, 0.2) is 223 Å². The van der Waals surface area contributed by atoms with E-state index in [1.54, 1.807) is 0 Å². The third-order valence-corrected chi connectivity index (χ3v) is 12.6. The molecule has 5 heteroatoms. The molecule has 0 aliphatic carbocycles. The van der Waals surface area contributed by atoms with E-state index in [4.69, 9.17) is 9.40 Å². The van der Waals surface area contributed by atoms with Gasteiger partial charge in [-0.15, -0.1) is 0 Å². The summed E-state index contributed by atoms with van der Waals surface area (Å²) in [5.41, 5.74) is 17.1. The molecule has 5 aromatic heterocycles.